The molecule has 6 heteroatoms. The van der Waals surface area contributed by atoms with Gasteiger partial charge in [0, 0.05) is 13.1 Å². The fourth-order valence-corrected chi connectivity index (χ4v) is 3.40. The van der Waals surface area contributed by atoms with E-state index in [4.69, 9.17) is 0 Å². The van der Waals surface area contributed by atoms with Gasteiger partial charge in [0.2, 0.25) is 0 Å². The molecule has 0 aromatic carbocycles. The van der Waals surface area contributed by atoms with E-state index in [1.807, 2.05) is 13.8 Å². The SMILES string of the molecule is CCCCC(CC)CN1C(=O)C(F)C(=O)N(CC(CC)CCCC)C1=O. The molecule has 1 fully saturated rings. The highest BCUT2D eigenvalue weighted by Crippen LogP contribution is 2.23. The van der Waals surface area contributed by atoms with Crippen molar-refractivity contribution in [2.75, 3.05) is 13.1 Å². The number of alkyl halides is 1. The smallest absolute Gasteiger partial charge is 0.270 e. The lowest BCUT2D eigenvalue weighted by Gasteiger charge is -2.37. The number of unbranched alkanes of at least 4 members (excludes halogenated alkanes) is 2. The summed E-state index contributed by atoms with van der Waals surface area (Å²) in [5, 5.41) is 0. The molecule has 0 bridgehead atoms. The monoisotopic (exact) mass is 370 g/mol. The molecule has 1 aliphatic heterocycles. The summed E-state index contributed by atoms with van der Waals surface area (Å²) < 4.78 is 14.3. The van der Waals surface area contributed by atoms with Gasteiger partial charge in [0.05, 0.1) is 0 Å². The van der Waals surface area contributed by atoms with Crippen LogP contribution in [0.1, 0.15) is 79.1 Å². The second-order valence-electron chi connectivity index (χ2n) is 7.38. The van der Waals surface area contributed by atoms with Crippen molar-refractivity contribution in [3.63, 3.8) is 0 Å². The van der Waals surface area contributed by atoms with E-state index in [1.54, 1.807) is 0 Å². The summed E-state index contributed by atoms with van der Waals surface area (Å²) >= 11 is 0. The molecule has 1 aliphatic rings. The van der Waals surface area contributed by atoms with Crippen LogP contribution < -0.4 is 0 Å². The fourth-order valence-electron chi connectivity index (χ4n) is 3.40. The molecular weight excluding hydrogens is 335 g/mol. The van der Waals surface area contributed by atoms with Crippen LogP contribution >= 0.6 is 0 Å². The fraction of sp³-hybridized carbons (Fsp3) is 0.850. The van der Waals surface area contributed by atoms with Gasteiger partial charge >= 0.3 is 6.03 Å². The van der Waals surface area contributed by atoms with E-state index in [0.717, 1.165) is 61.2 Å². The van der Waals surface area contributed by atoms with Gasteiger partial charge in [0.1, 0.15) is 0 Å². The Labute approximate surface area is 157 Å². The molecule has 2 unspecified atom stereocenters. The predicted octanol–water partition coefficient (Wildman–Crippen LogP) is 4.55. The molecule has 0 radical (unpaired) electrons. The summed E-state index contributed by atoms with van der Waals surface area (Å²) in [6, 6.07) is -0.640. The number of carbonyl (C=O) groups is 3. The molecule has 26 heavy (non-hydrogen) atoms. The summed E-state index contributed by atoms with van der Waals surface area (Å²) in [5.74, 6) is -1.69. The van der Waals surface area contributed by atoms with Crippen molar-refractivity contribution >= 4 is 17.8 Å². The molecule has 0 aliphatic carbocycles. The molecular formula is C20H35FN2O3. The van der Waals surface area contributed by atoms with E-state index in [-0.39, 0.29) is 24.9 Å². The molecule has 0 N–H and O–H groups in total. The third kappa shape index (κ3) is 5.78. The number of halogens is 1. The van der Waals surface area contributed by atoms with Gasteiger partial charge in [-0.2, -0.15) is 0 Å². The summed E-state index contributed by atoms with van der Waals surface area (Å²) in [6.45, 7) is 8.58. The van der Waals surface area contributed by atoms with Crippen molar-refractivity contribution in [1.29, 1.82) is 0 Å². The second-order valence-corrected chi connectivity index (χ2v) is 7.38. The Balaban J connectivity index is 2.90. The third-order valence-electron chi connectivity index (χ3n) is 5.40. The lowest BCUT2D eigenvalue weighted by molar-refractivity contribution is -0.151. The van der Waals surface area contributed by atoms with Crippen LogP contribution in [-0.2, 0) is 9.59 Å². The molecule has 0 aromatic heterocycles. The van der Waals surface area contributed by atoms with Crippen LogP contribution in [0.3, 0.4) is 0 Å². The number of urea groups is 1. The first-order valence-corrected chi connectivity index (χ1v) is 10.2. The first-order chi connectivity index (χ1) is 12.4. The molecule has 1 saturated heterocycles. The molecule has 2 atom stereocenters. The van der Waals surface area contributed by atoms with E-state index < -0.39 is 24.0 Å². The summed E-state index contributed by atoms with van der Waals surface area (Å²) in [5.41, 5.74) is 0. The molecule has 5 nitrogen and oxygen atoms in total. The lowest BCUT2D eigenvalue weighted by Crippen LogP contribution is -2.62. The van der Waals surface area contributed by atoms with Crippen molar-refractivity contribution in [2.24, 2.45) is 11.8 Å². The van der Waals surface area contributed by atoms with Crippen LogP contribution in [0, 0.1) is 11.8 Å². The van der Waals surface area contributed by atoms with Gasteiger partial charge < -0.3 is 0 Å². The number of barbiturate groups is 1. The highest BCUT2D eigenvalue weighted by atomic mass is 19.1. The summed E-state index contributed by atoms with van der Waals surface area (Å²) in [6.07, 6.45) is 5.24. The van der Waals surface area contributed by atoms with E-state index in [2.05, 4.69) is 13.8 Å². The number of nitrogens with zero attached hydrogens (tertiary/aromatic N) is 2. The molecule has 0 spiro atoms. The van der Waals surface area contributed by atoms with Crippen LogP contribution in [0.25, 0.3) is 0 Å². The topological polar surface area (TPSA) is 57.7 Å². The molecule has 1 rings (SSSR count). The number of carbonyl (C=O) groups excluding carboxylic acids is 3. The Morgan fingerprint density at radius 3 is 1.50 bits per heavy atom. The summed E-state index contributed by atoms with van der Waals surface area (Å²) in [4.78, 5) is 39.2. The van der Waals surface area contributed by atoms with Gasteiger partial charge in [-0.25, -0.2) is 9.18 Å². The minimum atomic E-state index is -2.25. The van der Waals surface area contributed by atoms with Gasteiger partial charge in [-0.1, -0.05) is 66.2 Å². The summed E-state index contributed by atoms with van der Waals surface area (Å²) in [7, 11) is 0. The maximum Gasteiger partial charge on any atom is 0.333 e. The Bertz CT molecular complexity index is 444. The van der Waals surface area contributed by atoms with Crippen LogP contribution in [0.4, 0.5) is 9.18 Å². The van der Waals surface area contributed by atoms with E-state index in [9.17, 15) is 18.8 Å². The zero-order valence-corrected chi connectivity index (χ0v) is 16.8. The Morgan fingerprint density at radius 1 is 0.808 bits per heavy atom. The Morgan fingerprint density at radius 2 is 1.19 bits per heavy atom. The predicted molar refractivity (Wildman–Crippen MR) is 100 cm³/mol. The number of hydrogen-bond donors (Lipinski definition) is 0. The van der Waals surface area contributed by atoms with Crippen LogP contribution in [0.15, 0.2) is 0 Å². The van der Waals surface area contributed by atoms with Crippen molar-refractivity contribution in [2.45, 2.75) is 85.2 Å². The van der Waals surface area contributed by atoms with Gasteiger partial charge in [-0.3, -0.25) is 19.4 Å². The van der Waals surface area contributed by atoms with Crippen LogP contribution in [-0.4, -0.2) is 46.9 Å². The van der Waals surface area contributed by atoms with Crippen molar-refractivity contribution in [1.82, 2.24) is 9.80 Å². The van der Waals surface area contributed by atoms with Crippen LogP contribution in [0.2, 0.25) is 0 Å². The number of imide groups is 2. The van der Waals surface area contributed by atoms with Crippen molar-refractivity contribution in [3.05, 3.63) is 0 Å². The lowest BCUT2D eigenvalue weighted by atomic mass is 9.97. The minimum Gasteiger partial charge on any atom is -0.270 e. The number of hydrogen-bond acceptors (Lipinski definition) is 3. The first-order valence-electron chi connectivity index (χ1n) is 10.2. The maximum atomic E-state index is 14.3. The van der Waals surface area contributed by atoms with Gasteiger partial charge in [-0.05, 0) is 24.7 Å². The normalized spacial score (nSPS) is 20.7. The Kier molecular flexibility index (Phi) is 9.81. The van der Waals surface area contributed by atoms with Crippen LogP contribution in [0.5, 0.6) is 0 Å². The van der Waals surface area contributed by atoms with Gasteiger partial charge in [0.15, 0.2) is 0 Å². The largest absolute Gasteiger partial charge is 0.333 e. The molecule has 0 aromatic rings. The highest BCUT2D eigenvalue weighted by molar-refractivity contribution is 6.17. The second kappa shape index (κ2) is 11.3. The van der Waals surface area contributed by atoms with Crippen molar-refractivity contribution in [3.8, 4) is 0 Å². The molecule has 1 heterocycles. The maximum absolute atomic E-state index is 14.3. The average molecular weight is 371 g/mol. The quantitative estimate of drug-likeness (QED) is 0.474. The van der Waals surface area contributed by atoms with E-state index in [1.165, 1.54) is 0 Å². The van der Waals surface area contributed by atoms with Crippen molar-refractivity contribution < 1.29 is 18.8 Å². The van der Waals surface area contributed by atoms with Gasteiger partial charge in [0.25, 0.3) is 18.0 Å². The highest BCUT2D eigenvalue weighted by Gasteiger charge is 2.46. The Hall–Kier alpha value is -1.46. The van der Waals surface area contributed by atoms with Gasteiger partial charge in [-0.15, -0.1) is 0 Å². The standard InChI is InChI=1S/C20H35FN2O3/c1-5-9-11-15(7-3)13-22-18(24)17(21)19(25)23(20(22)26)14-16(8-4)12-10-6-2/h15-17H,5-14H2,1-4H3. The number of rotatable bonds is 12. The average Bonchev–Trinajstić information content (AvgIpc) is 2.65. The zero-order valence-electron chi connectivity index (χ0n) is 16.8. The molecule has 4 amide bonds. The van der Waals surface area contributed by atoms with E-state index in [0.29, 0.717) is 0 Å². The van der Waals surface area contributed by atoms with E-state index >= 15 is 0 Å². The third-order valence-corrected chi connectivity index (χ3v) is 5.40. The number of amides is 4. The minimum absolute atomic E-state index is 0.146. The zero-order chi connectivity index (χ0) is 19.7. The molecule has 0 saturated carbocycles. The molecule has 150 valence electrons. The first kappa shape index (κ1) is 22.6.